The molecule has 1 amide bonds. The van der Waals surface area contributed by atoms with Gasteiger partial charge >= 0.3 is 0 Å². The molecule has 3 rings (SSSR count). The Kier molecular flexibility index (Phi) is 3.16. The molecule has 0 spiro atoms. The van der Waals surface area contributed by atoms with E-state index in [0.29, 0.717) is 12.2 Å². The van der Waals surface area contributed by atoms with Crippen LogP contribution in [0.5, 0.6) is 11.5 Å². The van der Waals surface area contributed by atoms with Gasteiger partial charge in [-0.15, -0.1) is 0 Å². The van der Waals surface area contributed by atoms with Crippen LogP contribution in [0.4, 0.5) is 0 Å². The van der Waals surface area contributed by atoms with E-state index in [-0.39, 0.29) is 5.91 Å². The number of fused-ring (bicyclic) bond motifs is 3. The van der Waals surface area contributed by atoms with Crippen LogP contribution >= 0.6 is 0 Å². The number of ether oxygens (including phenoxy) is 2. The number of carbonyl (C=O) groups is 1. The normalized spacial score (nSPS) is 17.8. The first-order chi connectivity index (χ1) is 9.65. The Morgan fingerprint density at radius 1 is 1.05 bits per heavy atom. The molecular formula is C16H19NO3. The summed E-state index contributed by atoms with van der Waals surface area (Å²) < 4.78 is 10.8. The first kappa shape index (κ1) is 13.0. The zero-order valence-electron chi connectivity index (χ0n) is 12.2. The van der Waals surface area contributed by atoms with Gasteiger partial charge in [-0.05, 0) is 43.0 Å². The van der Waals surface area contributed by atoms with Crippen molar-refractivity contribution in [2.24, 2.45) is 0 Å². The molecule has 2 heterocycles. The van der Waals surface area contributed by atoms with Gasteiger partial charge in [0.15, 0.2) is 11.5 Å². The summed E-state index contributed by atoms with van der Waals surface area (Å²) in [6.07, 6.45) is 2.33. The van der Waals surface area contributed by atoms with Gasteiger partial charge in [-0.3, -0.25) is 4.79 Å². The van der Waals surface area contributed by atoms with Crippen molar-refractivity contribution in [3.63, 3.8) is 0 Å². The molecule has 0 N–H and O–H groups in total. The van der Waals surface area contributed by atoms with E-state index in [2.05, 4.69) is 6.92 Å². The Balaban J connectivity index is 2.18. The van der Waals surface area contributed by atoms with Crippen LogP contribution in [0.25, 0.3) is 5.70 Å². The standard InChI is InChI=1S/C16H19NO3/c1-10-4-5-15(18)17-7-6-11-8-13(19-2)14(20-3)9-12(11)16(10)17/h8-9H,4-7H2,1-3H3. The van der Waals surface area contributed by atoms with Crippen LogP contribution in [0, 0.1) is 0 Å². The monoisotopic (exact) mass is 273 g/mol. The number of rotatable bonds is 2. The molecule has 0 radical (unpaired) electrons. The molecule has 0 fully saturated rings. The maximum absolute atomic E-state index is 12.1. The fourth-order valence-corrected chi connectivity index (χ4v) is 3.10. The average molecular weight is 273 g/mol. The summed E-state index contributed by atoms with van der Waals surface area (Å²) in [4.78, 5) is 14.0. The highest BCUT2D eigenvalue weighted by Crippen LogP contribution is 2.41. The Morgan fingerprint density at radius 3 is 2.45 bits per heavy atom. The van der Waals surface area contributed by atoms with Gasteiger partial charge in [0.25, 0.3) is 0 Å². The van der Waals surface area contributed by atoms with Crippen molar-refractivity contribution in [2.75, 3.05) is 20.8 Å². The SMILES string of the molecule is COc1cc2c(cc1OC)C1=C(C)CCC(=O)N1CC2. The number of hydrogen-bond acceptors (Lipinski definition) is 3. The second-order valence-electron chi connectivity index (χ2n) is 5.29. The van der Waals surface area contributed by atoms with Gasteiger partial charge in [0.05, 0.1) is 19.9 Å². The maximum Gasteiger partial charge on any atom is 0.227 e. The second kappa shape index (κ2) is 4.85. The van der Waals surface area contributed by atoms with Crippen LogP contribution in [-0.4, -0.2) is 31.6 Å². The number of methoxy groups -OCH3 is 2. The second-order valence-corrected chi connectivity index (χ2v) is 5.29. The lowest BCUT2D eigenvalue weighted by Crippen LogP contribution is -2.37. The minimum Gasteiger partial charge on any atom is -0.493 e. The minimum atomic E-state index is 0.228. The fourth-order valence-electron chi connectivity index (χ4n) is 3.10. The average Bonchev–Trinajstić information content (AvgIpc) is 2.48. The highest BCUT2D eigenvalue weighted by molar-refractivity contribution is 5.92. The van der Waals surface area contributed by atoms with E-state index < -0.39 is 0 Å². The fraction of sp³-hybridized carbons (Fsp3) is 0.438. The predicted octanol–water partition coefficient (Wildman–Crippen LogP) is 2.61. The van der Waals surface area contributed by atoms with Gasteiger partial charge in [-0.1, -0.05) is 0 Å². The third-order valence-corrected chi connectivity index (χ3v) is 4.16. The Labute approximate surface area is 119 Å². The van der Waals surface area contributed by atoms with Gasteiger partial charge < -0.3 is 14.4 Å². The van der Waals surface area contributed by atoms with E-state index in [4.69, 9.17) is 9.47 Å². The molecule has 4 nitrogen and oxygen atoms in total. The molecule has 1 aromatic carbocycles. The minimum absolute atomic E-state index is 0.228. The Morgan fingerprint density at radius 2 is 1.75 bits per heavy atom. The number of hydrogen-bond donors (Lipinski definition) is 0. The molecule has 2 aliphatic rings. The summed E-state index contributed by atoms with van der Waals surface area (Å²) in [6.45, 7) is 2.87. The number of allylic oxidation sites excluding steroid dienone is 1. The van der Waals surface area contributed by atoms with Crippen molar-refractivity contribution in [1.29, 1.82) is 0 Å². The molecule has 0 unspecified atom stereocenters. The van der Waals surface area contributed by atoms with Crippen LogP contribution in [0.2, 0.25) is 0 Å². The van der Waals surface area contributed by atoms with Crippen LogP contribution < -0.4 is 9.47 Å². The number of carbonyl (C=O) groups excluding carboxylic acids is 1. The predicted molar refractivity (Wildman–Crippen MR) is 76.8 cm³/mol. The van der Waals surface area contributed by atoms with Crippen LogP contribution in [0.3, 0.4) is 0 Å². The summed E-state index contributed by atoms with van der Waals surface area (Å²) >= 11 is 0. The molecule has 2 aliphatic heterocycles. The van der Waals surface area contributed by atoms with E-state index >= 15 is 0 Å². The van der Waals surface area contributed by atoms with Gasteiger partial charge in [0, 0.05) is 18.5 Å². The molecule has 0 bridgehead atoms. The van der Waals surface area contributed by atoms with Gasteiger partial charge in [-0.2, -0.15) is 0 Å². The zero-order chi connectivity index (χ0) is 14.3. The lowest BCUT2D eigenvalue weighted by molar-refractivity contribution is -0.128. The quantitative estimate of drug-likeness (QED) is 0.831. The first-order valence-corrected chi connectivity index (χ1v) is 6.91. The van der Waals surface area contributed by atoms with E-state index in [9.17, 15) is 4.79 Å². The largest absolute Gasteiger partial charge is 0.493 e. The van der Waals surface area contributed by atoms with Crippen molar-refractivity contribution >= 4 is 11.6 Å². The van der Waals surface area contributed by atoms with Gasteiger partial charge in [0.1, 0.15) is 0 Å². The first-order valence-electron chi connectivity index (χ1n) is 6.91. The lowest BCUT2D eigenvalue weighted by atomic mass is 9.89. The number of nitrogens with zero attached hydrogens (tertiary/aromatic N) is 1. The van der Waals surface area contributed by atoms with Crippen LogP contribution in [-0.2, 0) is 11.2 Å². The van der Waals surface area contributed by atoms with E-state index in [1.165, 1.54) is 11.1 Å². The molecule has 4 heteroatoms. The summed E-state index contributed by atoms with van der Waals surface area (Å²) in [5, 5.41) is 0. The highest BCUT2D eigenvalue weighted by atomic mass is 16.5. The summed E-state index contributed by atoms with van der Waals surface area (Å²) in [7, 11) is 3.28. The lowest BCUT2D eigenvalue weighted by Gasteiger charge is -2.36. The number of benzene rings is 1. The Hall–Kier alpha value is -1.97. The van der Waals surface area contributed by atoms with Crippen LogP contribution in [0.15, 0.2) is 17.7 Å². The maximum atomic E-state index is 12.1. The highest BCUT2D eigenvalue weighted by Gasteiger charge is 2.31. The van der Waals surface area contributed by atoms with E-state index in [1.807, 2.05) is 17.0 Å². The van der Waals surface area contributed by atoms with Crippen LogP contribution in [0.1, 0.15) is 30.9 Å². The van der Waals surface area contributed by atoms with Crippen molar-refractivity contribution in [1.82, 2.24) is 4.90 Å². The topological polar surface area (TPSA) is 38.8 Å². The van der Waals surface area contributed by atoms with Gasteiger partial charge in [-0.25, -0.2) is 0 Å². The smallest absolute Gasteiger partial charge is 0.227 e. The van der Waals surface area contributed by atoms with E-state index in [1.54, 1.807) is 14.2 Å². The molecule has 0 atom stereocenters. The van der Waals surface area contributed by atoms with Gasteiger partial charge in [0.2, 0.25) is 5.91 Å². The summed E-state index contributed by atoms with van der Waals surface area (Å²) in [5.41, 5.74) is 4.68. The molecule has 0 aliphatic carbocycles. The third kappa shape index (κ3) is 1.87. The molecule has 1 aromatic rings. The van der Waals surface area contributed by atoms with Crippen molar-refractivity contribution in [2.45, 2.75) is 26.2 Å². The molecule has 20 heavy (non-hydrogen) atoms. The molecule has 0 saturated carbocycles. The summed E-state index contributed by atoms with van der Waals surface area (Å²) in [6, 6.07) is 4.03. The van der Waals surface area contributed by atoms with Crippen molar-refractivity contribution in [3.05, 3.63) is 28.8 Å². The third-order valence-electron chi connectivity index (χ3n) is 4.16. The Bertz CT molecular complexity index is 604. The molecule has 106 valence electrons. The van der Waals surface area contributed by atoms with Crippen molar-refractivity contribution < 1.29 is 14.3 Å². The van der Waals surface area contributed by atoms with Crippen molar-refractivity contribution in [3.8, 4) is 11.5 Å². The summed E-state index contributed by atoms with van der Waals surface area (Å²) in [5.74, 6) is 1.69. The zero-order valence-corrected chi connectivity index (χ0v) is 12.2. The molecular weight excluding hydrogens is 254 g/mol. The molecule has 0 saturated heterocycles. The molecule has 0 aromatic heterocycles. The van der Waals surface area contributed by atoms with E-state index in [0.717, 1.165) is 36.4 Å². The number of amides is 1.